The molecule has 1 heterocycles. The third-order valence-electron chi connectivity index (χ3n) is 4.14. The number of thioether (sulfide) groups is 1. The lowest BCUT2D eigenvalue weighted by molar-refractivity contribution is -0.113. The van der Waals surface area contributed by atoms with Gasteiger partial charge in [0.1, 0.15) is 0 Å². The Bertz CT molecular complexity index is 908. The fourth-order valence-electron chi connectivity index (χ4n) is 2.76. The summed E-state index contributed by atoms with van der Waals surface area (Å²) in [7, 11) is 7.10. The molecule has 0 aliphatic carbocycles. The van der Waals surface area contributed by atoms with E-state index in [9.17, 15) is 4.79 Å². The van der Waals surface area contributed by atoms with Crippen molar-refractivity contribution in [1.29, 1.82) is 0 Å². The SMILES string of the molecule is COc1cccc(C=C2SC(=S)N(c3ccc(N(C)C)cc3)C2=O)c1OC. The van der Waals surface area contributed by atoms with Crippen molar-refractivity contribution in [2.24, 2.45) is 0 Å². The molecule has 0 saturated carbocycles. The zero-order chi connectivity index (χ0) is 19.6. The van der Waals surface area contributed by atoms with Crippen LogP contribution in [-0.2, 0) is 4.79 Å². The van der Waals surface area contributed by atoms with Crippen LogP contribution in [0.4, 0.5) is 11.4 Å². The van der Waals surface area contributed by atoms with Crippen molar-refractivity contribution in [1.82, 2.24) is 0 Å². The van der Waals surface area contributed by atoms with Gasteiger partial charge in [-0.2, -0.15) is 0 Å². The monoisotopic (exact) mass is 400 g/mol. The van der Waals surface area contributed by atoms with Crippen LogP contribution in [0.15, 0.2) is 47.4 Å². The van der Waals surface area contributed by atoms with E-state index >= 15 is 0 Å². The second kappa shape index (κ2) is 8.02. The molecule has 27 heavy (non-hydrogen) atoms. The van der Waals surface area contributed by atoms with Gasteiger partial charge in [0, 0.05) is 25.3 Å². The van der Waals surface area contributed by atoms with Gasteiger partial charge in [-0.1, -0.05) is 36.1 Å². The molecule has 0 spiro atoms. The normalized spacial score (nSPS) is 15.4. The van der Waals surface area contributed by atoms with Gasteiger partial charge in [-0.3, -0.25) is 9.69 Å². The Kier molecular flexibility index (Phi) is 5.72. The average Bonchev–Trinajstić information content (AvgIpc) is 2.94. The molecule has 1 amide bonds. The Morgan fingerprint density at radius 1 is 1.07 bits per heavy atom. The fraction of sp³-hybridized carbons (Fsp3) is 0.200. The summed E-state index contributed by atoms with van der Waals surface area (Å²) in [5, 5.41) is 0. The molecule has 7 heteroatoms. The Morgan fingerprint density at radius 2 is 1.78 bits per heavy atom. The molecule has 1 saturated heterocycles. The predicted molar refractivity (Wildman–Crippen MR) is 116 cm³/mol. The van der Waals surface area contributed by atoms with Crippen molar-refractivity contribution in [2.45, 2.75) is 0 Å². The van der Waals surface area contributed by atoms with Crippen molar-refractivity contribution in [3.8, 4) is 11.5 Å². The molecule has 0 unspecified atom stereocenters. The number of methoxy groups -OCH3 is 2. The number of nitrogens with zero attached hydrogens (tertiary/aromatic N) is 2. The lowest BCUT2D eigenvalue weighted by Gasteiger charge is -2.17. The number of amides is 1. The Balaban J connectivity index is 1.93. The number of thiocarbonyl (C=S) groups is 1. The Morgan fingerprint density at radius 3 is 2.37 bits per heavy atom. The molecule has 5 nitrogen and oxygen atoms in total. The second-order valence-electron chi connectivity index (χ2n) is 6.01. The number of hydrogen-bond donors (Lipinski definition) is 0. The van der Waals surface area contributed by atoms with Gasteiger partial charge in [0.05, 0.1) is 24.8 Å². The summed E-state index contributed by atoms with van der Waals surface area (Å²) in [6.45, 7) is 0. The molecule has 3 rings (SSSR count). The highest BCUT2D eigenvalue weighted by atomic mass is 32.2. The van der Waals surface area contributed by atoms with Gasteiger partial charge in [-0.05, 0) is 36.4 Å². The maximum Gasteiger partial charge on any atom is 0.270 e. The van der Waals surface area contributed by atoms with E-state index in [0.717, 1.165) is 16.9 Å². The molecule has 0 radical (unpaired) electrons. The standard InChI is InChI=1S/C20H20N2O3S2/c1-21(2)14-8-10-15(11-9-14)22-19(23)17(27-20(22)26)12-13-6-5-7-16(24-3)18(13)25-4/h5-12H,1-4H3. The lowest BCUT2D eigenvalue weighted by Crippen LogP contribution is -2.27. The highest BCUT2D eigenvalue weighted by molar-refractivity contribution is 8.27. The first-order valence-electron chi connectivity index (χ1n) is 8.22. The molecule has 1 aliphatic heterocycles. The molecule has 0 aromatic heterocycles. The molecule has 0 N–H and O–H groups in total. The molecule has 2 aromatic carbocycles. The van der Waals surface area contributed by atoms with Gasteiger partial charge < -0.3 is 14.4 Å². The first-order valence-corrected chi connectivity index (χ1v) is 9.45. The molecule has 1 aliphatic rings. The van der Waals surface area contributed by atoms with Crippen molar-refractivity contribution in [2.75, 3.05) is 38.1 Å². The van der Waals surface area contributed by atoms with Crippen LogP contribution in [0.3, 0.4) is 0 Å². The van der Waals surface area contributed by atoms with Crippen LogP contribution < -0.4 is 19.3 Å². The summed E-state index contributed by atoms with van der Waals surface area (Å²) >= 11 is 6.72. The van der Waals surface area contributed by atoms with Gasteiger partial charge in [0.25, 0.3) is 5.91 Å². The first kappa shape index (κ1) is 19.3. The number of ether oxygens (including phenoxy) is 2. The minimum atomic E-state index is -0.146. The maximum atomic E-state index is 13.0. The largest absolute Gasteiger partial charge is 0.493 e. The van der Waals surface area contributed by atoms with E-state index in [4.69, 9.17) is 21.7 Å². The number of hydrogen-bond acceptors (Lipinski definition) is 6. The van der Waals surface area contributed by atoms with E-state index in [1.165, 1.54) is 11.8 Å². The van der Waals surface area contributed by atoms with Crippen LogP contribution >= 0.6 is 24.0 Å². The highest BCUT2D eigenvalue weighted by Crippen LogP contribution is 2.39. The zero-order valence-corrected chi connectivity index (χ0v) is 17.2. The summed E-state index contributed by atoms with van der Waals surface area (Å²) in [6, 6.07) is 13.3. The van der Waals surface area contributed by atoms with Crippen molar-refractivity contribution in [3.05, 3.63) is 52.9 Å². The number of para-hydroxylation sites is 1. The van der Waals surface area contributed by atoms with Crippen LogP contribution in [0, 0.1) is 0 Å². The van der Waals surface area contributed by atoms with E-state index in [1.807, 2.05) is 61.5 Å². The van der Waals surface area contributed by atoms with Crippen LogP contribution in [0.2, 0.25) is 0 Å². The van der Waals surface area contributed by atoms with Crippen molar-refractivity contribution < 1.29 is 14.3 Å². The molecule has 0 bridgehead atoms. The summed E-state index contributed by atoms with van der Waals surface area (Å²) in [6.07, 6.45) is 1.79. The van der Waals surface area contributed by atoms with Crippen LogP contribution in [-0.4, -0.2) is 38.5 Å². The third-order valence-corrected chi connectivity index (χ3v) is 5.44. The fourth-order valence-corrected chi connectivity index (χ4v) is 4.05. The quantitative estimate of drug-likeness (QED) is 0.554. The number of rotatable bonds is 5. The third kappa shape index (κ3) is 3.79. The van der Waals surface area contributed by atoms with Crippen molar-refractivity contribution >= 4 is 51.7 Å². The topological polar surface area (TPSA) is 42.0 Å². The summed E-state index contributed by atoms with van der Waals surface area (Å²) in [4.78, 5) is 17.1. The molecular formula is C20H20N2O3S2. The zero-order valence-electron chi connectivity index (χ0n) is 15.6. The van der Waals surface area contributed by atoms with E-state index in [1.54, 1.807) is 25.2 Å². The van der Waals surface area contributed by atoms with Crippen LogP contribution in [0.1, 0.15) is 5.56 Å². The molecular weight excluding hydrogens is 380 g/mol. The van der Waals surface area contributed by atoms with Crippen LogP contribution in [0.25, 0.3) is 6.08 Å². The maximum absolute atomic E-state index is 13.0. The number of anilines is 2. The average molecular weight is 401 g/mol. The molecule has 1 fully saturated rings. The Hall–Kier alpha value is -2.51. The number of benzene rings is 2. The lowest BCUT2D eigenvalue weighted by atomic mass is 10.1. The van der Waals surface area contributed by atoms with Gasteiger partial charge in [-0.15, -0.1) is 0 Å². The number of carbonyl (C=O) groups excluding carboxylic acids is 1. The van der Waals surface area contributed by atoms with E-state index in [2.05, 4.69) is 0 Å². The predicted octanol–water partition coefficient (Wildman–Crippen LogP) is 4.18. The second-order valence-corrected chi connectivity index (χ2v) is 7.69. The summed E-state index contributed by atoms with van der Waals surface area (Å²) in [5.41, 5.74) is 2.57. The van der Waals surface area contributed by atoms with Gasteiger partial charge in [0.15, 0.2) is 15.8 Å². The molecule has 140 valence electrons. The van der Waals surface area contributed by atoms with Crippen molar-refractivity contribution in [3.63, 3.8) is 0 Å². The van der Waals surface area contributed by atoms with Gasteiger partial charge >= 0.3 is 0 Å². The Labute approximate surface area is 168 Å². The van der Waals surface area contributed by atoms with Gasteiger partial charge in [0.2, 0.25) is 0 Å². The van der Waals surface area contributed by atoms with Gasteiger partial charge in [-0.25, -0.2) is 0 Å². The minimum absolute atomic E-state index is 0.146. The first-order chi connectivity index (χ1) is 13.0. The molecule has 2 aromatic rings. The summed E-state index contributed by atoms with van der Waals surface area (Å²) < 4.78 is 11.3. The number of carbonyl (C=O) groups is 1. The van der Waals surface area contributed by atoms with E-state index in [0.29, 0.717) is 20.7 Å². The van der Waals surface area contributed by atoms with Crippen LogP contribution in [0.5, 0.6) is 11.5 Å². The molecule has 0 atom stereocenters. The highest BCUT2D eigenvalue weighted by Gasteiger charge is 2.33. The summed E-state index contributed by atoms with van der Waals surface area (Å²) in [5.74, 6) is 1.05. The van der Waals surface area contributed by atoms with E-state index < -0.39 is 0 Å². The minimum Gasteiger partial charge on any atom is -0.493 e. The van der Waals surface area contributed by atoms with E-state index in [-0.39, 0.29) is 5.91 Å². The smallest absolute Gasteiger partial charge is 0.270 e.